The third kappa shape index (κ3) is 58.8. The summed E-state index contributed by atoms with van der Waals surface area (Å²) >= 11 is 0. The molecule has 0 rings (SSSR count). The summed E-state index contributed by atoms with van der Waals surface area (Å²) in [5.74, 6) is -0.0792. The summed E-state index contributed by atoms with van der Waals surface area (Å²) < 4.78 is 5.49. The van der Waals surface area contributed by atoms with Crippen molar-refractivity contribution in [1.29, 1.82) is 0 Å². The predicted octanol–water partition coefficient (Wildman–Crippen LogP) is 20.7. The fourth-order valence-electron chi connectivity index (χ4n) is 9.75. The van der Waals surface area contributed by atoms with Gasteiger partial charge in [-0.15, -0.1) is 0 Å². The van der Waals surface area contributed by atoms with Crippen molar-refractivity contribution in [1.82, 2.24) is 5.32 Å². The van der Waals surface area contributed by atoms with Gasteiger partial charge in [0.05, 0.1) is 25.4 Å². The molecule has 0 saturated carbocycles. The number of esters is 1. The molecule has 2 atom stereocenters. The van der Waals surface area contributed by atoms with Gasteiger partial charge in [0.15, 0.2) is 0 Å². The molecule has 432 valence electrons. The number of ether oxygens (including phenoxy) is 1. The summed E-state index contributed by atoms with van der Waals surface area (Å²) in [6.07, 6.45) is 82.6. The fraction of sp³-hybridized carbons (Fsp3) is 0.824. The molecule has 0 radical (unpaired) electrons. The van der Waals surface area contributed by atoms with Crippen LogP contribution in [0.25, 0.3) is 0 Å². The van der Waals surface area contributed by atoms with Gasteiger partial charge >= 0.3 is 5.97 Å². The standard InChI is InChI=1S/C68H125NO5/c1-3-5-7-9-11-13-15-17-19-28-32-36-40-44-48-52-56-60-66(71)65(64-70)69-67(72)61-57-53-49-45-41-37-33-30-26-24-22-21-23-25-27-31-35-39-43-47-51-55-59-63-74-68(73)62-58-54-50-46-42-38-34-29-20-18-16-14-12-10-8-6-4-2/h12,14,18,20-21,23-24,26,56,60,65-66,70-71H,3-11,13,15-17,19,22,25,27-55,57-59,61-64H2,1-2H3,(H,69,72)/b14-12-,20-18-,23-21-,26-24-,60-56+. The van der Waals surface area contributed by atoms with Crippen molar-refractivity contribution in [2.75, 3.05) is 13.2 Å². The van der Waals surface area contributed by atoms with Gasteiger partial charge in [-0.05, 0) is 96.3 Å². The van der Waals surface area contributed by atoms with E-state index in [0.29, 0.717) is 19.4 Å². The van der Waals surface area contributed by atoms with Crippen LogP contribution in [0.5, 0.6) is 0 Å². The number of carbonyl (C=O) groups excluding carboxylic acids is 2. The Kier molecular flexibility index (Phi) is 61.0. The first-order valence-corrected chi connectivity index (χ1v) is 32.6. The lowest BCUT2D eigenvalue weighted by atomic mass is 10.0. The molecule has 0 aromatic carbocycles. The molecule has 2 unspecified atom stereocenters. The first kappa shape index (κ1) is 71.6. The molecule has 6 nitrogen and oxygen atoms in total. The van der Waals surface area contributed by atoms with Crippen molar-refractivity contribution in [3.05, 3.63) is 60.8 Å². The van der Waals surface area contributed by atoms with Crippen molar-refractivity contribution in [3.8, 4) is 0 Å². The zero-order valence-corrected chi connectivity index (χ0v) is 49.3. The van der Waals surface area contributed by atoms with Crippen LogP contribution in [0.4, 0.5) is 0 Å². The zero-order chi connectivity index (χ0) is 53.6. The lowest BCUT2D eigenvalue weighted by molar-refractivity contribution is -0.143. The van der Waals surface area contributed by atoms with Crippen LogP contribution in [0.3, 0.4) is 0 Å². The average molecular weight is 1040 g/mol. The number of allylic oxidation sites excluding steroid dienone is 9. The van der Waals surface area contributed by atoms with Gasteiger partial charge in [-0.25, -0.2) is 0 Å². The Bertz CT molecular complexity index is 1290. The molecule has 0 aliphatic rings. The van der Waals surface area contributed by atoms with Crippen LogP contribution >= 0.6 is 0 Å². The van der Waals surface area contributed by atoms with Crippen LogP contribution in [0, 0.1) is 0 Å². The quantitative estimate of drug-likeness (QED) is 0.0320. The van der Waals surface area contributed by atoms with Gasteiger partial charge in [0, 0.05) is 12.8 Å². The Morgan fingerprint density at radius 1 is 0.378 bits per heavy atom. The Balaban J connectivity index is 3.48. The van der Waals surface area contributed by atoms with Crippen LogP contribution in [-0.4, -0.2) is 47.4 Å². The Morgan fingerprint density at radius 2 is 0.676 bits per heavy atom. The van der Waals surface area contributed by atoms with E-state index in [1.54, 1.807) is 6.08 Å². The molecule has 3 N–H and O–H groups in total. The molecular formula is C68H125NO5. The van der Waals surface area contributed by atoms with Crippen LogP contribution in [0.15, 0.2) is 60.8 Å². The number of carbonyl (C=O) groups is 2. The van der Waals surface area contributed by atoms with Crippen LogP contribution < -0.4 is 5.32 Å². The minimum absolute atomic E-state index is 0.00161. The molecule has 74 heavy (non-hydrogen) atoms. The third-order valence-corrected chi connectivity index (χ3v) is 14.8. The van der Waals surface area contributed by atoms with Gasteiger partial charge in [0.2, 0.25) is 5.91 Å². The summed E-state index contributed by atoms with van der Waals surface area (Å²) in [6.45, 7) is 4.88. The predicted molar refractivity (Wildman–Crippen MR) is 324 cm³/mol. The fourth-order valence-corrected chi connectivity index (χ4v) is 9.75. The Hall–Kier alpha value is -2.44. The third-order valence-electron chi connectivity index (χ3n) is 14.8. The van der Waals surface area contributed by atoms with Gasteiger partial charge < -0.3 is 20.3 Å². The second kappa shape index (κ2) is 63.1. The van der Waals surface area contributed by atoms with Crippen LogP contribution in [0.1, 0.15) is 335 Å². The zero-order valence-electron chi connectivity index (χ0n) is 49.3. The van der Waals surface area contributed by atoms with Gasteiger partial charge in [0.1, 0.15) is 0 Å². The molecule has 6 heteroatoms. The molecule has 0 saturated heterocycles. The van der Waals surface area contributed by atoms with Gasteiger partial charge in [-0.2, -0.15) is 0 Å². The lowest BCUT2D eigenvalue weighted by Gasteiger charge is -2.20. The summed E-state index contributed by atoms with van der Waals surface area (Å²) in [5, 5.41) is 23.2. The molecule has 0 bridgehead atoms. The molecular weight excluding hydrogens is 911 g/mol. The van der Waals surface area contributed by atoms with Crippen molar-refractivity contribution >= 4 is 11.9 Å². The topological polar surface area (TPSA) is 95.9 Å². The maximum absolute atomic E-state index is 12.5. The van der Waals surface area contributed by atoms with E-state index in [-0.39, 0.29) is 18.5 Å². The number of aliphatic hydroxyl groups is 2. The number of hydrogen-bond donors (Lipinski definition) is 3. The normalized spacial score (nSPS) is 13.0. The highest BCUT2D eigenvalue weighted by Crippen LogP contribution is 2.17. The van der Waals surface area contributed by atoms with Gasteiger partial charge in [-0.1, -0.05) is 286 Å². The second-order valence-corrected chi connectivity index (χ2v) is 22.1. The molecule has 0 spiro atoms. The first-order chi connectivity index (χ1) is 36.5. The van der Waals surface area contributed by atoms with E-state index >= 15 is 0 Å². The molecule has 0 fully saturated rings. The molecule has 0 aliphatic heterocycles. The molecule has 0 aliphatic carbocycles. The van der Waals surface area contributed by atoms with Crippen LogP contribution in [0.2, 0.25) is 0 Å². The van der Waals surface area contributed by atoms with Crippen molar-refractivity contribution in [2.45, 2.75) is 347 Å². The molecule has 1 amide bonds. The second-order valence-electron chi connectivity index (χ2n) is 22.1. The van der Waals surface area contributed by atoms with E-state index in [0.717, 1.165) is 70.6 Å². The largest absolute Gasteiger partial charge is 0.466 e. The lowest BCUT2D eigenvalue weighted by Crippen LogP contribution is -2.45. The highest BCUT2D eigenvalue weighted by atomic mass is 16.5. The SMILES string of the molecule is CCCCC/C=C\C/C=C\CCCCCCCCCC(=O)OCCCCCCCCCCC/C=C\C/C=C\CCCCCCCCCC(=O)NC(CO)C(O)/C=C/CCCCCCCCCCCCCCCCC. The van der Waals surface area contributed by atoms with Crippen molar-refractivity contribution in [2.24, 2.45) is 0 Å². The summed E-state index contributed by atoms with van der Waals surface area (Å²) in [5.41, 5.74) is 0. The summed E-state index contributed by atoms with van der Waals surface area (Å²) in [4.78, 5) is 24.6. The number of aliphatic hydroxyl groups excluding tert-OH is 2. The number of unbranched alkanes of at least 4 members (excludes halogenated alkanes) is 41. The summed E-state index contributed by atoms with van der Waals surface area (Å²) in [7, 11) is 0. The van der Waals surface area contributed by atoms with E-state index in [1.807, 2.05) is 6.08 Å². The maximum atomic E-state index is 12.5. The number of nitrogens with one attached hydrogen (secondary N) is 1. The molecule has 0 aromatic heterocycles. The van der Waals surface area contributed by atoms with Crippen molar-refractivity contribution < 1.29 is 24.5 Å². The highest BCUT2D eigenvalue weighted by Gasteiger charge is 2.18. The van der Waals surface area contributed by atoms with E-state index in [2.05, 4.69) is 67.8 Å². The van der Waals surface area contributed by atoms with E-state index < -0.39 is 12.1 Å². The Labute approximate surface area is 460 Å². The molecule has 0 heterocycles. The number of amides is 1. The van der Waals surface area contributed by atoms with Gasteiger partial charge in [0.25, 0.3) is 0 Å². The first-order valence-electron chi connectivity index (χ1n) is 32.6. The van der Waals surface area contributed by atoms with Gasteiger partial charge in [-0.3, -0.25) is 9.59 Å². The number of rotatable bonds is 60. The minimum Gasteiger partial charge on any atom is -0.466 e. The summed E-state index contributed by atoms with van der Waals surface area (Å²) in [6, 6.07) is -0.637. The average Bonchev–Trinajstić information content (AvgIpc) is 3.40. The van der Waals surface area contributed by atoms with E-state index in [1.165, 1.54) is 238 Å². The number of hydrogen-bond acceptors (Lipinski definition) is 5. The maximum Gasteiger partial charge on any atom is 0.305 e. The van der Waals surface area contributed by atoms with Crippen molar-refractivity contribution in [3.63, 3.8) is 0 Å². The molecule has 0 aromatic rings. The monoisotopic (exact) mass is 1040 g/mol. The van der Waals surface area contributed by atoms with E-state index in [4.69, 9.17) is 4.74 Å². The van der Waals surface area contributed by atoms with E-state index in [9.17, 15) is 19.8 Å². The highest BCUT2D eigenvalue weighted by molar-refractivity contribution is 5.76. The Morgan fingerprint density at radius 3 is 1.05 bits per heavy atom. The minimum atomic E-state index is -0.853. The van der Waals surface area contributed by atoms with Crippen LogP contribution in [-0.2, 0) is 14.3 Å². The smallest absolute Gasteiger partial charge is 0.305 e.